The Morgan fingerprint density at radius 2 is 1.17 bits per heavy atom. The molecule has 0 aliphatic heterocycles. The number of para-hydroxylation sites is 2. The third kappa shape index (κ3) is 6.27. The molecule has 0 aliphatic rings. The van der Waals surface area contributed by atoms with E-state index in [0.29, 0.717) is 16.9 Å². The van der Waals surface area contributed by atoms with Crippen LogP contribution in [0.1, 0.15) is 20.7 Å². The first kappa shape index (κ1) is 23.6. The number of halogens is 1. The van der Waals surface area contributed by atoms with Crippen LogP contribution in [0.5, 0.6) is 0 Å². The third-order valence-electron chi connectivity index (χ3n) is 4.97. The monoisotopic (exact) mass is 484 g/mol. The van der Waals surface area contributed by atoms with E-state index in [2.05, 4.69) is 21.3 Å². The first-order chi connectivity index (χ1) is 17.0. The summed E-state index contributed by atoms with van der Waals surface area (Å²) in [5, 5.41) is 11.3. The number of carbonyl (C=O) groups excluding carboxylic acids is 2. The normalized spacial score (nSPS) is 10.2. The van der Waals surface area contributed by atoms with Crippen LogP contribution < -0.4 is 21.3 Å². The van der Waals surface area contributed by atoms with Gasteiger partial charge in [0.1, 0.15) is 5.82 Å². The molecule has 0 spiro atoms. The number of rotatable bonds is 6. The highest BCUT2D eigenvalue weighted by Gasteiger charge is 2.15. The van der Waals surface area contributed by atoms with Crippen LogP contribution in [0.3, 0.4) is 0 Å². The zero-order chi connectivity index (χ0) is 24.6. The number of anilines is 4. The van der Waals surface area contributed by atoms with Crippen LogP contribution in [0.4, 0.5) is 27.1 Å². The summed E-state index contributed by atoms with van der Waals surface area (Å²) in [6, 6.07) is 29.4. The van der Waals surface area contributed by atoms with Crippen molar-refractivity contribution >= 4 is 51.9 Å². The lowest BCUT2D eigenvalue weighted by Crippen LogP contribution is -2.35. The lowest BCUT2D eigenvalue weighted by Gasteiger charge is -2.14. The van der Waals surface area contributed by atoms with Crippen LogP contribution in [-0.2, 0) is 0 Å². The predicted octanol–water partition coefficient (Wildman–Crippen LogP) is 5.95. The zero-order valence-corrected chi connectivity index (χ0v) is 19.2. The second kappa shape index (κ2) is 11.0. The number of hydrogen-bond acceptors (Lipinski definition) is 4. The summed E-state index contributed by atoms with van der Waals surface area (Å²) in [5.74, 6) is -1.70. The van der Waals surface area contributed by atoms with Gasteiger partial charge < -0.3 is 16.0 Å². The van der Waals surface area contributed by atoms with E-state index in [1.807, 2.05) is 42.5 Å². The molecule has 0 bridgehead atoms. The fraction of sp³-hybridized carbons (Fsp3) is 0. The second-order valence-electron chi connectivity index (χ2n) is 7.46. The van der Waals surface area contributed by atoms with E-state index in [-0.39, 0.29) is 16.6 Å². The van der Waals surface area contributed by atoms with Gasteiger partial charge in [0.2, 0.25) is 0 Å². The maximum atomic E-state index is 13.8. The Morgan fingerprint density at radius 1 is 0.600 bits per heavy atom. The second-order valence-corrected chi connectivity index (χ2v) is 7.86. The number of thiocarbonyl (C=S) groups is 1. The average Bonchev–Trinajstić information content (AvgIpc) is 2.86. The molecule has 0 atom stereocenters. The van der Waals surface area contributed by atoms with Crippen LogP contribution in [-0.4, -0.2) is 16.9 Å². The molecule has 4 N–H and O–H groups in total. The van der Waals surface area contributed by atoms with Crippen molar-refractivity contribution in [1.29, 1.82) is 0 Å². The fourth-order valence-corrected chi connectivity index (χ4v) is 3.49. The van der Waals surface area contributed by atoms with E-state index in [4.69, 9.17) is 12.2 Å². The molecule has 4 aromatic rings. The molecule has 0 fully saturated rings. The largest absolute Gasteiger partial charge is 0.356 e. The van der Waals surface area contributed by atoms with Gasteiger partial charge in [-0.3, -0.25) is 14.9 Å². The van der Waals surface area contributed by atoms with E-state index in [9.17, 15) is 14.0 Å². The molecule has 2 amide bonds. The minimum atomic E-state index is -0.688. The Labute approximate surface area is 207 Å². The first-order valence-corrected chi connectivity index (χ1v) is 11.1. The van der Waals surface area contributed by atoms with Gasteiger partial charge in [-0.1, -0.05) is 42.5 Å². The maximum absolute atomic E-state index is 13.8. The van der Waals surface area contributed by atoms with Crippen LogP contribution in [0, 0.1) is 5.82 Å². The fourth-order valence-electron chi connectivity index (χ4n) is 3.28. The van der Waals surface area contributed by atoms with E-state index < -0.39 is 11.7 Å². The molecule has 8 heteroatoms. The van der Waals surface area contributed by atoms with E-state index in [1.54, 1.807) is 42.5 Å². The number of nitrogens with one attached hydrogen (secondary N) is 4. The van der Waals surface area contributed by atoms with Crippen molar-refractivity contribution in [2.75, 3.05) is 16.0 Å². The summed E-state index contributed by atoms with van der Waals surface area (Å²) in [5.41, 5.74) is 3.04. The van der Waals surface area contributed by atoms with Gasteiger partial charge in [0.05, 0.1) is 16.8 Å². The van der Waals surface area contributed by atoms with Crippen molar-refractivity contribution in [1.82, 2.24) is 5.32 Å². The standard InChI is InChI=1S/C27H21FN4O2S/c28-23-12-6-4-10-21(23)25(33)32-27(35)31-24-13-7-5-11-22(24)26(34)30-20-16-14-19(15-17-20)29-18-8-2-1-3-9-18/h1-17,29H,(H,30,34)(H2,31,32,33,35). The van der Waals surface area contributed by atoms with Gasteiger partial charge in [0, 0.05) is 17.1 Å². The van der Waals surface area contributed by atoms with Crippen molar-refractivity contribution in [2.45, 2.75) is 0 Å². The van der Waals surface area contributed by atoms with Crippen molar-refractivity contribution in [3.05, 3.63) is 120 Å². The van der Waals surface area contributed by atoms with Gasteiger partial charge in [-0.25, -0.2) is 4.39 Å². The summed E-state index contributed by atoms with van der Waals surface area (Å²) in [6.45, 7) is 0. The Kier molecular flexibility index (Phi) is 7.44. The van der Waals surface area contributed by atoms with Crippen LogP contribution in [0.15, 0.2) is 103 Å². The molecular weight excluding hydrogens is 463 g/mol. The molecule has 6 nitrogen and oxygen atoms in total. The molecule has 174 valence electrons. The Balaban J connectivity index is 1.40. The summed E-state index contributed by atoms with van der Waals surface area (Å²) >= 11 is 5.20. The molecule has 4 aromatic carbocycles. The molecule has 0 saturated heterocycles. The van der Waals surface area contributed by atoms with Crippen LogP contribution in [0.2, 0.25) is 0 Å². The Morgan fingerprint density at radius 3 is 1.89 bits per heavy atom. The summed E-state index contributed by atoms with van der Waals surface area (Å²) in [4.78, 5) is 25.2. The highest BCUT2D eigenvalue weighted by atomic mass is 32.1. The minimum absolute atomic E-state index is 0.0603. The zero-order valence-electron chi connectivity index (χ0n) is 18.4. The molecule has 0 heterocycles. The quantitative estimate of drug-likeness (QED) is 0.254. The average molecular weight is 485 g/mol. The summed E-state index contributed by atoms with van der Waals surface area (Å²) in [7, 11) is 0. The highest BCUT2D eigenvalue weighted by Crippen LogP contribution is 2.21. The molecule has 0 aliphatic carbocycles. The first-order valence-electron chi connectivity index (χ1n) is 10.7. The summed E-state index contributed by atoms with van der Waals surface area (Å²) < 4.78 is 13.8. The van der Waals surface area contributed by atoms with Crippen LogP contribution in [0.25, 0.3) is 0 Å². The van der Waals surface area contributed by atoms with Crippen LogP contribution >= 0.6 is 12.2 Å². The van der Waals surface area contributed by atoms with Gasteiger partial charge >= 0.3 is 0 Å². The molecule has 0 unspecified atom stereocenters. The van der Waals surface area contributed by atoms with E-state index in [0.717, 1.165) is 11.4 Å². The topological polar surface area (TPSA) is 82.3 Å². The number of amides is 2. The van der Waals surface area contributed by atoms with Gasteiger partial charge in [0.25, 0.3) is 11.8 Å². The number of carbonyl (C=O) groups is 2. The van der Waals surface area contributed by atoms with Gasteiger partial charge in [-0.15, -0.1) is 0 Å². The Hall–Kier alpha value is -4.56. The lowest BCUT2D eigenvalue weighted by molar-refractivity contribution is 0.0972. The van der Waals surface area contributed by atoms with Gasteiger partial charge in [-0.2, -0.15) is 0 Å². The van der Waals surface area contributed by atoms with E-state index >= 15 is 0 Å². The van der Waals surface area contributed by atoms with Crippen molar-refractivity contribution in [3.8, 4) is 0 Å². The maximum Gasteiger partial charge on any atom is 0.260 e. The molecule has 0 radical (unpaired) electrons. The number of hydrogen-bond donors (Lipinski definition) is 4. The smallest absolute Gasteiger partial charge is 0.260 e. The molecular formula is C27H21FN4O2S. The molecule has 0 saturated carbocycles. The summed E-state index contributed by atoms with van der Waals surface area (Å²) in [6.07, 6.45) is 0. The van der Waals surface area contributed by atoms with E-state index in [1.165, 1.54) is 18.2 Å². The molecule has 4 rings (SSSR count). The highest BCUT2D eigenvalue weighted by molar-refractivity contribution is 7.80. The van der Waals surface area contributed by atoms with Crippen molar-refractivity contribution in [2.24, 2.45) is 0 Å². The number of benzene rings is 4. The third-order valence-corrected chi connectivity index (χ3v) is 5.17. The minimum Gasteiger partial charge on any atom is -0.356 e. The van der Waals surface area contributed by atoms with Gasteiger partial charge in [-0.05, 0) is 72.9 Å². The predicted molar refractivity (Wildman–Crippen MR) is 141 cm³/mol. The molecule has 0 aromatic heterocycles. The van der Waals surface area contributed by atoms with Crippen molar-refractivity contribution < 1.29 is 14.0 Å². The SMILES string of the molecule is O=C(NC(=S)Nc1ccccc1C(=O)Nc1ccc(Nc2ccccc2)cc1)c1ccccc1F. The van der Waals surface area contributed by atoms with Crippen molar-refractivity contribution in [3.63, 3.8) is 0 Å². The molecule has 35 heavy (non-hydrogen) atoms. The lowest BCUT2D eigenvalue weighted by atomic mass is 10.1. The van der Waals surface area contributed by atoms with Gasteiger partial charge in [0.15, 0.2) is 5.11 Å². The Bertz CT molecular complexity index is 1360.